The highest BCUT2D eigenvalue weighted by atomic mass is 19.1. The third-order valence-electron chi connectivity index (χ3n) is 3.45. The maximum absolute atomic E-state index is 13.1. The Balaban J connectivity index is 1.59. The Hall–Kier alpha value is -2.47. The number of carbonyl (C=O) groups is 1. The van der Waals surface area contributed by atoms with Crippen LogP contribution in [0.1, 0.15) is 12.0 Å². The summed E-state index contributed by atoms with van der Waals surface area (Å²) < 4.78 is 24.1. The number of hydrogen-bond donors (Lipinski definition) is 1. The minimum atomic E-state index is -0.353. The molecule has 0 aliphatic carbocycles. The number of anilines is 1. The molecule has 23 heavy (non-hydrogen) atoms. The van der Waals surface area contributed by atoms with E-state index in [9.17, 15) is 9.18 Å². The minimum absolute atomic E-state index is 0.000690. The number of nitrogens with zero attached hydrogens (tertiary/aromatic N) is 1. The minimum Gasteiger partial charge on any atom is -0.472 e. The van der Waals surface area contributed by atoms with Crippen molar-refractivity contribution in [2.45, 2.75) is 18.9 Å². The molecule has 5 nitrogen and oxygen atoms in total. The molecule has 2 heterocycles. The van der Waals surface area contributed by atoms with Crippen LogP contribution in [0.15, 0.2) is 42.6 Å². The van der Waals surface area contributed by atoms with E-state index in [2.05, 4.69) is 10.3 Å². The lowest BCUT2D eigenvalue weighted by Crippen LogP contribution is -2.17. The average molecular weight is 316 g/mol. The van der Waals surface area contributed by atoms with Gasteiger partial charge in [0.2, 0.25) is 11.8 Å². The Morgan fingerprint density at radius 3 is 3.09 bits per heavy atom. The second-order valence-corrected chi connectivity index (χ2v) is 5.34. The topological polar surface area (TPSA) is 60.5 Å². The summed E-state index contributed by atoms with van der Waals surface area (Å²) in [6.07, 6.45) is 2.51. The number of ether oxygens (including phenoxy) is 2. The summed E-state index contributed by atoms with van der Waals surface area (Å²) in [6.45, 7) is 1.24. The van der Waals surface area contributed by atoms with E-state index in [0.717, 1.165) is 6.42 Å². The molecule has 1 N–H and O–H groups in total. The van der Waals surface area contributed by atoms with Crippen molar-refractivity contribution < 1.29 is 18.7 Å². The molecule has 2 aromatic rings. The van der Waals surface area contributed by atoms with Gasteiger partial charge in [0.05, 0.1) is 19.6 Å². The predicted octanol–water partition coefficient (Wildman–Crippen LogP) is 2.57. The molecular formula is C17H17FN2O3. The summed E-state index contributed by atoms with van der Waals surface area (Å²) in [4.78, 5) is 16.2. The summed E-state index contributed by atoms with van der Waals surface area (Å²) in [6, 6.07) is 9.34. The zero-order chi connectivity index (χ0) is 16.1. The van der Waals surface area contributed by atoms with Gasteiger partial charge in [0.1, 0.15) is 11.9 Å². The van der Waals surface area contributed by atoms with Gasteiger partial charge in [-0.3, -0.25) is 4.79 Å². The van der Waals surface area contributed by atoms with Gasteiger partial charge in [0.15, 0.2) is 0 Å². The first-order chi connectivity index (χ1) is 11.2. The first-order valence-corrected chi connectivity index (χ1v) is 7.44. The largest absolute Gasteiger partial charge is 0.472 e. The fourth-order valence-corrected chi connectivity index (χ4v) is 2.37. The summed E-state index contributed by atoms with van der Waals surface area (Å²) >= 11 is 0. The van der Waals surface area contributed by atoms with Crippen LogP contribution in [0.25, 0.3) is 0 Å². The molecule has 6 heteroatoms. The molecule has 1 saturated heterocycles. The first kappa shape index (κ1) is 15.4. The van der Waals surface area contributed by atoms with E-state index in [4.69, 9.17) is 9.47 Å². The molecule has 1 aromatic heterocycles. The molecule has 1 fully saturated rings. The van der Waals surface area contributed by atoms with Crippen LogP contribution in [0.5, 0.6) is 5.88 Å². The molecule has 1 aromatic carbocycles. The lowest BCUT2D eigenvalue weighted by Gasteiger charge is -2.12. The Morgan fingerprint density at radius 2 is 2.30 bits per heavy atom. The summed E-state index contributed by atoms with van der Waals surface area (Å²) in [5, 5.41) is 2.76. The van der Waals surface area contributed by atoms with Crippen molar-refractivity contribution in [2.24, 2.45) is 0 Å². The SMILES string of the molecule is O=C(Cc1cccc(F)c1)Nc1ccnc(OC2CCOC2)c1. The first-order valence-electron chi connectivity index (χ1n) is 7.44. The van der Waals surface area contributed by atoms with Crippen LogP contribution in [0, 0.1) is 5.82 Å². The zero-order valence-electron chi connectivity index (χ0n) is 12.5. The van der Waals surface area contributed by atoms with E-state index >= 15 is 0 Å². The van der Waals surface area contributed by atoms with E-state index < -0.39 is 0 Å². The van der Waals surface area contributed by atoms with Crippen LogP contribution in [0.2, 0.25) is 0 Å². The maximum atomic E-state index is 13.1. The highest BCUT2D eigenvalue weighted by Crippen LogP contribution is 2.18. The van der Waals surface area contributed by atoms with Gasteiger partial charge < -0.3 is 14.8 Å². The number of carbonyl (C=O) groups excluding carboxylic acids is 1. The molecule has 1 aliphatic heterocycles. The van der Waals surface area contributed by atoms with Gasteiger partial charge in [-0.1, -0.05) is 12.1 Å². The molecular weight excluding hydrogens is 299 g/mol. The Labute approximate surface area is 133 Å². The Kier molecular flexibility index (Phi) is 4.83. The second-order valence-electron chi connectivity index (χ2n) is 5.34. The number of pyridine rings is 1. The highest BCUT2D eigenvalue weighted by molar-refractivity contribution is 5.92. The molecule has 0 radical (unpaired) electrons. The third-order valence-corrected chi connectivity index (χ3v) is 3.45. The number of nitrogens with one attached hydrogen (secondary N) is 1. The van der Waals surface area contributed by atoms with Crippen molar-refractivity contribution in [2.75, 3.05) is 18.5 Å². The number of hydrogen-bond acceptors (Lipinski definition) is 4. The van der Waals surface area contributed by atoms with E-state index in [1.165, 1.54) is 12.1 Å². The molecule has 120 valence electrons. The second kappa shape index (κ2) is 7.19. The quantitative estimate of drug-likeness (QED) is 0.921. The number of halogens is 1. The van der Waals surface area contributed by atoms with Crippen molar-refractivity contribution in [1.82, 2.24) is 4.98 Å². The Morgan fingerprint density at radius 1 is 1.39 bits per heavy atom. The third kappa shape index (κ3) is 4.50. The van der Waals surface area contributed by atoms with E-state index in [1.54, 1.807) is 30.5 Å². The summed E-state index contributed by atoms with van der Waals surface area (Å²) in [5.41, 5.74) is 1.21. The van der Waals surface area contributed by atoms with Gasteiger partial charge in [-0.15, -0.1) is 0 Å². The molecule has 3 rings (SSSR count). The smallest absolute Gasteiger partial charge is 0.228 e. The number of rotatable bonds is 5. The molecule has 0 bridgehead atoms. The zero-order valence-corrected chi connectivity index (χ0v) is 12.5. The van der Waals surface area contributed by atoms with Crippen LogP contribution >= 0.6 is 0 Å². The van der Waals surface area contributed by atoms with Crippen molar-refractivity contribution in [3.05, 3.63) is 54.0 Å². The standard InChI is InChI=1S/C17H17FN2O3/c18-13-3-1-2-12(8-13)9-16(21)20-14-4-6-19-17(10-14)23-15-5-7-22-11-15/h1-4,6,8,10,15H,5,7,9,11H2,(H,19,20,21). The van der Waals surface area contributed by atoms with Crippen molar-refractivity contribution in [3.63, 3.8) is 0 Å². The van der Waals surface area contributed by atoms with Gasteiger partial charge in [0.25, 0.3) is 0 Å². The van der Waals surface area contributed by atoms with Gasteiger partial charge >= 0.3 is 0 Å². The number of amides is 1. The monoisotopic (exact) mass is 316 g/mol. The number of aromatic nitrogens is 1. The van der Waals surface area contributed by atoms with Gasteiger partial charge in [-0.05, 0) is 23.8 Å². The lowest BCUT2D eigenvalue weighted by atomic mass is 10.1. The van der Waals surface area contributed by atoms with Crippen molar-refractivity contribution in [1.29, 1.82) is 0 Å². The summed E-state index contributed by atoms with van der Waals surface area (Å²) in [7, 11) is 0. The fraction of sp³-hybridized carbons (Fsp3) is 0.294. The van der Waals surface area contributed by atoms with Crippen LogP contribution in [0.4, 0.5) is 10.1 Å². The Bertz CT molecular complexity index is 687. The highest BCUT2D eigenvalue weighted by Gasteiger charge is 2.17. The fourth-order valence-electron chi connectivity index (χ4n) is 2.37. The van der Waals surface area contributed by atoms with Crippen molar-refractivity contribution in [3.8, 4) is 5.88 Å². The lowest BCUT2D eigenvalue weighted by molar-refractivity contribution is -0.115. The molecule has 0 saturated carbocycles. The van der Waals surface area contributed by atoms with E-state index in [1.807, 2.05) is 0 Å². The van der Waals surface area contributed by atoms with E-state index in [-0.39, 0.29) is 24.2 Å². The predicted molar refractivity (Wildman–Crippen MR) is 82.8 cm³/mol. The van der Waals surface area contributed by atoms with Crippen LogP contribution in [0.3, 0.4) is 0 Å². The van der Waals surface area contributed by atoms with Gasteiger partial charge in [-0.25, -0.2) is 9.37 Å². The average Bonchev–Trinajstić information content (AvgIpc) is 3.00. The van der Waals surface area contributed by atoms with Crippen LogP contribution in [-0.4, -0.2) is 30.2 Å². The van der Waals surface area contributed by atoms with Crippen molar-refractivity contribution >= 4 is 11.6 Å². The summed E-state index contributed by atoms with van der Waals surface area (Å²) in [5.74, 6) is -0.130. The molecule has 1 unspecified atom stereocenters. The van der Waals surface area contributed by atoms with E-state index in [0.29, 0.717) is 30.3 Å². The molecule has 1 atom stereocenters. The van der Waals surface area contributed by atoms with Gasteiger partial charge in [0, 0.05) is 24.4 Å². The van der Waals surface area contributed by atoms with Crippen LogP contribution < -0.4 is 10.1 Å². The van der Waals surface area contributed by atoms with Gasteiger partial charge in [-0.2, -0.15) is 0 Å². The number of benzene rings is 1. The molecule has 1 aliphatic rings. The maximum Gasteiger partial charge on any atom is 0.228 e. The van der Waals surface area contributed by atoms with Crippen LogP contribution in [-0.2, 0) is 16.0 Å². The molecule has 1 amide bonds. The normalized spacial score (nSPS) is 17.0. The molecule has 0 spiro atoms.